The van der Waals surface area contributed by atoms with E-state index in [1.807, 2.05) is 88.4 Å². The number of sulfonamides is 1. The van der Waals surface area contributed by atoms with Gasteiger partial charge in [-0.25, -0.2) is 13.6 Å². The van der Waals surface area contributed by atoms with Crippen LogP contribution in [0.15, 0.2) is 109 Å². The fourth-order valence-corrected chi connectivity index (χ4v) is 30.4. The molecule has 21 rings (SSSR count). The van der Waals surface area contributed by atoms with Crippen molar-refractivity contribution in [2.75, 3.05) is 26.7 Å². The summed E-state index contributed by atoms with van der Waals surface area (Å²) in [6.45, 7) is 18.2. The Morgan fingerprint density at radius 2 is 0.833 bits per heavy atom. The second-order valence-corrected chi connectivity index (χ2v) is 46.6. The van der Waals surface area contributed by atoms with Crippen LogP contribution in [0.4, 0.5) is 0 Å². The Balaban J connectivity index is 0.000000120. The number of aromatic hydroxyl groups is 3. The number of aryl methyl sites for hydroxylation is 5. The number of amides is 10. The van der Waals surface area contributed by atoms with E-state index in [1.54, 1.807) is 48.7 Å². The van der Waals surface area contributed by atoms with Gasteiger partial charge in [0.05, 0.1) is 46.5 Å². The third-order valence-electron chi connectivity index (χ3n) is 36.4. The molecule has 0 radical (unpaired) electrons. The standard InChI is InChI=1S/C24H27N3O5S.C24H33NO3.C22H30N2O4S.C20H25NO3.C19H23NO4/c1-24-9-8-19-18-7-5-17(32-33(25,30)31)11-16(18)4-6-20(19)21(24)12-22(28)27(23(24)29)14-15-3-2-10-26-13-15;1-3-4-5-6-13-25-22(27)15-21-20-9-7-16-14-17(26)8-10-18(16)19(20)11-12-24(21,2)23(25)28;1-3-10-24-20(25)12-19-18-7-5-15-11-14(13-29(23,27)28)4-6-16(15)17(18)8-9-22(19,2)21(24)26;1-3-21-18(23)11-17-16-6-4-12-10-13(22)5-7-14(12)15(16)8-9-20(17,2)19(21)24;1-19-6-5-11-12(14(19)9-17(22)20-18(19)23)4-3-10-7-15(21)16(24-2)8-13(10)11/h2-3,5,7,10-11,13,19-21H,4,6,8-9,12,14H2,1H3,(H2,25,30,31);8,10,14,19-21,26H,3-7,9,11-13,15H2,1-2H3;4,6,11,17-19H,3,5,7-10,12-13H2,1-2H3,(H2,23,27,28);5,7,10,15-17,22H,3-4,6,8-9,11H2,1-2H3;7-8,11-12,14,21H,3-6,9H2,1-2H3,(H,20,22,23)/t2*19?,20?,21?,24-;17?,18?,19?,22-;15?,16?,17?,20-;11?,12?,14?,19-/m00000/s1. The highest BCUT2D eigenvalue weighted by Gasteiger charge is 2.63. The molecule has 0 bridgehead atoms. The summed E-state index contributed by atoms with van der Waals surface area (Å²) in [4.78, 5) is 139. The van der Waals surface area contributed by atoms with Crippen LogP contribution in [-0.2, 0) is 113 Å². The van der Waals surface area contributed by atoms with Crippen molar-refractivity contribution in [1.82, 2.24) is 29.9 Å². The number of phenolic OH excluding ortho intramolecular Hbond substituents is 3. The Bertz CT molecular complexity index is 6050. The molecule has 1 aromatic heterocycles. The molecule has 740 valence electrons. The molecule has 27 nitrogen and oxygen atoms in total. The molecule has 6 heterocycles. The highest BCUT2D eigenvalue weighted by atomic mass is 32.2. The number of unbranched alkanes of at least 4 members (excludes halogenated alkanes) is 3. The molecule has 15 unspecified atom stereocenters. The number of rotatable bonds is 15. The van der Waals surface area contributed by atoms with Gasteiger partial charge in [0.15, 0.2) is 11.5 Å². The number of hydrogen-bond donors (Lipinski definition) is 6. The lowest BCUT2D eigenvalue weighted by Gasteiger charge is -2.54. The molecule has 5 saturated carbocycles. The molecule has 138 heavy (non-hydrogen) atoms. The molecule has 10 aliphatic carbocycles. The summed E-state index contributed by atoms with van der Waals surface area (Å²) in [5.41, 5.74) is 11.5. The van der Waals surface area contributed by atoms with E-state index in [9.17, 15) is 80.1 Å². The maximum Gasteiger partial charge on any atom is 0.380 e. The van der Waals surface area contributed by atoms with Crippen LogP contribution in [0.2, 0.25) is 0 Å². The first-order valence-electron chi connectivity index (χ1n) is 50.8. The van der Waals surface area contributed by atoms with Gasteiger partial charge in [0.25, 0.3) is 0 Å². The first-order chi connectivity index (χ1) is 65.6. The Morgan fingerprint density at radius 3 is 1.28 bits per heavy atom. The number of nitrogens with zero attached hydrogens (tertiary/aromatic N) is 5. The van der Waals surface area contributed by atoms with Crippen molar-refractivity contribution < 1.29 is 89.0 Å². The predicted octanol–water partition coefficient (Wildman–Crippen LogP) is 15.9. The van der Waals surface area contributed by atoms with Crippen molar-refractivity contribution in [1.29, 1.82) is 0 Å². The molecule has 29 heteroatoms. The minimum absolute atomic E-state index is 0.00197. The number of likely N-dealkylation sites (tertiary alicyclic amines) is 4. The number of hydrogen-bond acceptors (Lipinski definition) is 20. The Hall–Kier alpha value is -10.2. The molecular weight excluding hydrogens is 1790 g/mol. The van der Waals surface area contributed by atoms with E-state index in [0.29, 0.717) is 123 Å². The molecule has 5 aromatic carbocycles. The number of carbonyl (C=O) groups is 10. The van der Waals surface area contributed by atoms with Crippen LogP contribution in [0.5, 0.6) is 28.7 Å². The summed E-state index contributed by atoms with van der Waals surface area (Å²) in [6, 6.07) is 30.1. The van der Waals surface area contributed by atoms with E-state index >= 15 is 0 Å². The Morgan fingerprint density at radius 1 is 0.428 bits per heavy atom. The third-order valence-corrected chi connectivity index (χ3v) is 37.6. The van der Waals surface area contributed by atoms with E-state index in [-0.39, 0.29) is 130 Å². The molecule has 10 fully saturated rings. The highest BCUT2D eigenvalue weighted by Crippen LogP contribution is 2.65. The number of ether oxygens (including phenoxy) is 1. The van der Waals surface area contributed by atoms with Crippen LogP contribution in [0.3, 0.4) is 0 Å². The van der Waals surface area contributed by atoms with Crippen molar-refractivity contribution in [2.45, 2.75) is 290 Å². The quantitative estimate of drug-likeness (QED) is 0.0411. The van der Waals surface area contributed by atoms with E-state index in [2.05, 4.69) is 50.1 Å². The predicted molar refractivity (Wildman–Crippen MR) is 518 cm³/mol. The number of pyridine rings is 1. The Labute approximate surface area is 811 Å². The molecular formula is C109H138N8O19S2. The van der Waals surface area contributed by atoms with Gasteiger partial charge in [0.2, 0.25) is 69.1 Å². The van der Waals surface area contributed by atoms with Gasteiger partial charge in [-0.3, -0.25) is 77.8 Å². The van der Waals surface area contributed by atoms with Crippen molar-refractivity contribution in [2.24, 2.45) is 96.5 Å². The maximum absolute atomic E-state index is 13.6. The highest BCUT2D eigenvalue weighted by molar-refractivity contribution is 7.88. The molecule has 6 aromatic rings. The number of fused-ring (bicyclic) bond motifs is 25. The van der Waals surface area contributed by atoms with E-state index in [4.69, 9.17) is 19.2 Å². The molecule has 5 saturated heterocycles. The van der Waals surface area contributed by atoms with Gasteiger partial charge in [-0.2, -0.15) is 13.6 Å². The number of nitrogens with two attached hydrogens (primary N) is 2. The number of carbonyl (C=O) groups excluding carboxylic acids is 10. The lowest BCUT2D eigenvalue weighted by molar-refractivity contribution is -0.169. The monoisotopic (exact) mass is 1930 g/mol. The summed E-state index contributed by atoms with van der Waals surface area (Å²) in [6.07, 6.45) is 28.6. The molecule has 20 atom stereocenters. The number of primary sulfonamides is 1. The third kappa shape index (κ3) is 18.7. The molecule has 8 N–H and O–H groups in total. The summed E-state index contributed by atoms with van der Waals surface area (Å²) in [7, 11) is -6.07. The molecule has 5 aliphatic heterocycles. The SMILES string of the molecule is CCCCCCN1C(=O)CC2C3CCc4cc(O)ccc4C3CC[C@]2(C)C1=O.CCCN1C(=O)CC2C3CCc4cc(CS(N)(=O)=O)ccc4C3CC[C@]2(C)C1=O.CCN1C(=O)CC2C3CCc4cc(O)ccc4C3CC[C@]2(C)C1=O.COc1cc2c(cc1O)CCC1C2CC[C@]2(C)C(=O)NC(=O)CC12.C[C@]12CCC3c4ccc(OS(N)(=O)=O)cc4CCC3C1CC(=O)N(Cc1cccnc1)C2=O. The Kier molecular flexibility index (Phi) is 28.1. The number of imide groups is 5. The second-order valence-electron chi connectivity index (χ2n) is 43.9. The van der Waals surface area contributed by atoms with Gasteiger partial charge in [-0.1, -0.05) is 110 Å². The fraction of sp³-hybridized carbons (Fsp3) is 0.587. The van der Waals surface area contributed by atoms with Crippen LogP contribution in [0, 0.1) is 86.3 Å². The van der Waals surface area contributed by atoms with Gasteiger partial charge < -0.3 is 24.2 Å². The van der Waals surface area contributed by atoms with Gasteiger partial charge in [-0.05, 0) is 358 Å². The van der Waals surface area contributed by atoms with Crippen molar-refractivity contribution >= 4 is 79.4 Å². The first kappa shape index (κ1) is 99.3. The number of methoxy groups -OCH3 is 1. The zero-order valence-electron chi connectivity index (χ0n) is 81.4. The topological polar surface area (TPSA) is 408 Å². The number of piperidine rings is 5. The zero-order chi connectivity index (χ0) is 98.4. The fourth-order valence-electron chi connectivity index (χ4n) is 29.3. The minimum atomic E-state index is -4.07. The number of phenols is 3. The normalized spacial score (nSPS) is 32.3. The summed E-state index contributed by atoms with van der Waals surface area (Å²) in [5, 5.41) is 42.3. The van der Waals surface area contributed by atoms with E-state index in [1.165, 1.54) is 59.2 Å². The van der Waals surface area contributed by atoms with Crippen molar-refractivity contribution in [3.05, 3.63) is 176 Å². The average molecular weight is 1930 g/mol. The minimum Gasteiger partial charge on any atom is -0.508 e. The average Bonchev–Trinajstić information content (AvgIpc) is 0.737. The molecule has 0 spiro atoms. The first-order valence-corrected chi connectivity index (χ1v) is 54.0. The lowest BCUT2D eigenvalue weighted by Crippen LogP contribution is -2.59. The van der Waals surface area contributed by atoms with E-state index in [0.717, 1.165) is 176 Å². The van der Waals surface area contributed by atoms with Gasteiger partial charge in [-0.15, -0.1) is 0 Å². The van der Waals surface area contributed by atoms with Gasteiger partial charge in [0.1, 0.15) is 17.2 Å². The lowest BCUT2D eigenvalue weighted by atomic mass is 9.52. The molecule has 15 aliphatic rings. The number of benzene rings is 5. The molecule has 10 amide bonds. The summed E-state index contributed by atoms with van der Waals surface area (Å²) in [5.74, 6) is 5.06. The van der Waals surface area contributed by atoms with Crippen molar-refractivity contribution in [3.8, 4) is 28.7 Å². The summed E-state index contributed by atoms with van der Waals surface area (Å²) >= 11 is 0. The number of nitrogens with one attached hydrogen (secondary N) is 1. The van der Waals surface area contributed by atoms with Crippen molar-refractivity contribution in [3.63, 3.8) is 0 Å². The number of aromatic nitrogens is 1. The van der Waals surface area contributed by atoms with Gasteiger partial charge >= 0.3 is 10.3 Å². The summed E-state index contributed by atoms with van der Waals surface area (Å²) < 4.78 is 55.6. The maximum atomic E-state index is 13.6. The largest absolute Gasteiger partial charge is 0.508 e. The van der Waals surface area contributed by atoms with Crippen LogP contribution in [0.1, 0.15) is 312 Å². The van der Waals surface area contributed by atoms with Crippen LogP contribution < -0.4 is 24.5 Å². The van der Waals surface area contributed by atoms with Gasteiger partial charge in [0, 0.05) is 64.1 Å². The zero-order valence-corrected chi connectivity index (χ0v) is 83.0. The van der Waals surface area contributed by atoms with Crippen LogP contribution >= 0.6 is 0 Å². The van der Waals surface area contributed by atoms with E-state index < -0.39 is 42.0 Å². The van der Waals surface area contributed by atoms with Crippen LogP contribution in [0.25, 0.3) is 0 Å². The smallest absolute Gasteiger partial charge is 0.380 e. The second kappa shape index (κ2) is 39.0. The van der Waals surface area contributed by atoms with Crippen LogP contribution in [-0.4, -0.2) is 143 Å².